The second kappa shape index (κ2) is 5.26. The van der Waals surface area contributed by atoms with Crippen molar-refractivity contribution in [3.05, 3.63) is 35.4 Å². The van der Waals surface area contributed by atoms with E-state index in [1.807, 2.05) is 0 Å². The zero-order chi connectivity index (χ0) is 10.5. The summed E-state index contributed by atoms with van der Waals surface area (Å²) < 4.78 is 4.90. The van der Waals surface area contributed by atoms with Crippen molar-refractivity contribution in [2.75, 3.05) is 20.3 Å². The van der Waals surface area contributed by atoms with Crippen LogP contribution in [0.3, 0.4) is 0 Å². The molecule has 1 N–H and O–H groups in total. The molecule has 1 aromatic carbocycles. The highest BCUT2D eigenvalue weighted by atomic mass is 16.7. The molecule has 1 aliphatic carbocycles. The van der Waals surface area contributed by atoms with Gasteiger partial charge in [-0.25, -0.2) is 0 Å². The highest BCUT2D eigenvalue weighted by molar-refractivity contribution is 5.33. The van der Waals surface area contributed by atoms with Gasteiger partial charge in [-0.15, -0.1) is 0 Å². The number of hydrogen-bond donors (Lipinski definition) is 1. The summed E-state index contributed by atoms with van der Waals surface area (Å²) in [6, 6.07) is 8.97. The van der Waals surface area contributed by atoms with Crippen LogP contribution in [0.5, 0.6) is 0 Å². The third-order valence-corrected chi connectivity index (χ3v) is 2.69. The van der Waals surface area contributed by atoms with Gasteiger partial charge in [-0.2, -0.15) is 5.48 Å². The fraction of sp³-hybridized carbons (Fsp3) is 0.500. The van der Waals surface area contributed by atoms with E-state index in [2.05, 4.69) is 29.7 Å². The summed E-state index contributed by atoms with van der Waals surface area (Å²) in [5.74, 6) is 0. The molecule has 3 nitrogen and oxygen atoms in total. The largest absolute Gasteiger partial charge is 0.382 e. The van der Waals surface area contributed by atoms with E-state index in [9.17, 15) is 0 Å². The van der Waals surface area contributed by atoms with Crippen LogP contribution in [-0.2, 0) is 22.4 Å². The quantitative estimate of drug-likeness (QED) is 0.583. The zero-order valence-electron chi connectivity index (χ0n) is 9.03. The number of hydroxylamine groups is 1. The molecule has 0 amide bonds. The lowest BCUT2D eigenvalue weighted by molar-refractivity contribution is -0.0101. The summed E-state index contributed by atoms with van der Waals surface area (Å²) in [6.45, 7) is 1.23. The fourth-order valence-electron chi connectivity index (χ4n) is 1.94. The van der Waals surface area contributed by atoms with Crippen LogP contribution < -0.4 is 5.48 Å². The SMILES string of the molecule is COCCONC1Cc2ccccc2C1. The van der Waals surface area contributed by atoms with Crippen molar-refractivity contribution >= 4 is 0 Å². The molecular formula is C12H17NO2. The van der Waals surface area contributed by atoms with E-state index >= 15 is 0 Å². The number of hydrogen-bond acceptors (Lipinski definition) is 3. The molecule has 2 rings (SSSR count). The predicted molar refractivity (Wildman–Crippen MR) is 58.6 cm³/mol. The molecule has 0 saturated carbocycles. The predicted octanol–water partition coefficient (Wildman–Crippen LogP) is 1.32. The molecule has 0 unspecified atom stereocenters. The van der Waals surface area contributed by atoms with Gasteiger partial charge >= 0.3 is 0 Å². The number of ether oxygens (including phenoxy) is 1. The first-order valence-corrected chi connectivity index (χ1v) is 5.33. The van der Waals surface area contributed by atoms with Gasteiger partial charge in [-0.3, -0.25) is 4.84 Å². The maximum Gasteiger partial charge on any atom is 0.0915 e. The van der Waals surface area contributed by atoms with Gasteiger partial charge < -0.3 is 4.74 Å². The first-order valence-electron chi connectivity index (χ1n) is 5.33. The molecule has 0 atom stereocenters. The lowest BCUT2D eigenvalue weighted by atomic mass is 10.1. The Bertz CT molecular complexity index is 289. The van der Waals surface area contributed by atoms with Crippen LogP contribution >= 0.6 is 0 Å². The number of rotatable bonds is 5. The normalized spacial score (nSPS) is 15.5. The van der Waals surface area contributed by atoms with Gasteiger partial charge in [0.1, 0.15) is 0 Å². The fourth-order valence-corrected chi connectivity index (χ4v) is 1.94. The van der Waals surface area contributed by atoms with Crippen molar-refractivity contribution < 1.29 is 9.57 Å². The van der Waals surface area contributed by atoms with E-state index in [0.29, 0.717) is 19.3 Å². The monoisotopic (exact) mass is 207 g/mol. The Morgan fingerprint density at radius 2 is 1.87 bits per heavy atom. The molecule has 15 heavy (non-hydrogen) atoms. The molecular weight excluding hydrogens is 190 g/mol. The maximum absolute atomic E-state index is 5.31. The van der Waals surface area contributed by atoms with Crippen LogP contribution in [0, 0.1) is 0 Å². The minimum absolute atomic E-state index is 0.416. The molecule has 0 aromatic heterocycles. The smallest absolute Gasteiger partial charge is 0.0915 e. The summed E-state index contributed by atoms with van der Waals surface area (Å²) in [6.07, 6.45) is 2.12. The van der Waals surface area contributed by atoms with E-state index in [1.54, 1.807) is 7.11 Å². The zero-order valence-corrected chi connectivity index (χ0v) is 9.03. The maximum atomic E-state index is 5.31. The lowest BCUT2D eigenvalue weighted by Crippen LogP contribution is -2.30. The van der Waals surface area contributed by atoms with E-state index in [1.165, 1.54) is 11.1 Å². The third-order valence-electron chi connectivity index (χ3n) is 2.69. The highest BCUT2D eigenvalue weighted by Gasteiger charge is 2.20. The minimum atomic E-state index is 0.416. The number of methoxy groups -OCH3 is 1. The standard InChI is InChI=1S/C12H17NO2/c1-14-6-7-15-13-12-8-10-4-2-3-5-11(10)9-12/h2-5,12-13H,6-9H2,1H3. The van der Waals surface area contributed by atoms with E-state index in [4.69, 9.17) is 9.57 Å². The summed E-state index contributed by atoms with van der Waals surface area (Å²) in [5.41, 5.74) is 5.95. The Hall–Kier alpha value is -0.900. The third kappa shape index (κ3) is 2.78. The van der Waals surface area contributed by atoms with E-state index in [0.717, 1.165) is 12.8 Å². The average Bonchev–Trinajstić information content (AvgIpc) is 2.67. The van der Waals surface area contributed by atoms with Crippen molar-refractivity contribution in [1.29, 1.82) is 0 Å². The summed E-state index contributed by atoms with van der Waals surface area (Å²) >= 11 is 0. The van der Waals surface area contributed by atoms with Crippen LogP contribution in [-0.4, -0.2) is 26.4 Å². The van der Waals surface area contributed by atoms with Gasteiger partial charge in [0.15, 0.2) is 0 Å². The second-order valence-corrected chi connectivity index (χ2v) is 3.83. The Balaban J connectivity index is 1.76. The first-order chi connectivity index (χ1) is 7.40. The summed E-state index contributed by atoms with van der Waals surface area (Å²) in [4.78, 5) is 5.31. The van der Waals surface area contributed by atoms with Crippen LogP contribution in [0.4, 0.5) is 0 Å². The molecule has 0 spiro atoms. The van der Waals surface area contributed by atoms with Gasteiger partial charge in [0.25, 0.3) is 0 Å². The van der Waals surface area contributed by atoms with Crippen molar-refractivity contribution in [1.82, 2.24) is 5.48 Å². The Labute approximate surface area is 90.3 Å². The molecule has 82 valence electrons. The Kier molecular flexibility index (Phi) is 3.72. The molecule has 1 aliphatic rings. The molecule has 3 heteroatoms. The van der Waals surface area contributed by atoms with Crippen molar-refractivity contribution in [3.63, 3.8) is 0 Å². The van der Waals surface area contributed by atoms with Gasteiger partial charge in [0.2, 0.25) is 0 Å². The molecule has 1 aromatic rings. The Morgan fingerprint density at radius 3 is 2.47 bits per heavy atom. The topological polar surface area (TPSA) is 30.5 Å². The molecule has 0 fully saturated rings. The average molecular weight is 207 g/mol. The summed E-state index contributed by atoms with van der Waals surface area (Å²) in [7, 11) is 1.68. The molecule has 0 radical (unpaired) electrons. The van der Waals surface area contributed by atoms with Crippen LogP contribution in [0.2, 0.25) is 0 Å². The summed E-state index contributed by atoms with van der Waals surface area (Å²) in [5, 5.41) is 0. The first kappa shape index (κ1) is 10.6. The van der Waals surface area contributed by atoms with E-state index < -0.39 is 0 Å². The molecule has 0 heterocycles. The van der Waals surface area contributed by atoms with Gasteiger partial charge in [-0.05, 0) is 24.0 Å². The van der Waals surface area contributed by atoms with Gasteiger partial charge in [0.05, 0.1) is 13.2 Å². The van der Waals surface area contributed by atoms with E-state index in [-0.39, 0.29) is 0 Å². The lowest BCUT2D eigenvalue weighted by Gasteiger charge is -2.11. The number of fused-ring (bicyclic) bond motifs is 1. The number of nitrogens with one attached hydrogen (secondary N) is 1. The van der Waals surface area contributed by atoms with Crippen LogP contribution in [0.25, 0.3) is 0 Å². The molecule has 0 aliphatic heterocycles. The van der Waals surface area contributed by atoms with Crippen molar-refractivity contribution in [2.24, 2.45) is 0 Å². The second-order valence-electron chi connectivity index (χ2n) is 3.83. The Morgan fingerprint density at radius 1 is 1.20 bits per heavy atom. The highest BCUT2D eigenvalue weighted by Crippen LogP contribution is 2.21. The van der Waals surface area contributed by atoms with Crippen molar-refractivity contribution in [3.8, 4) is 0 Å². The van der Waals surface area contributed by atoms with Crippen LogP contribution in [0.1, 0.15) is 11.1 Å². The van der Waals surface area contributed by atoms with Crippen LogP contribution in [0.15, 0.2) is 24.3 Å². The van der Waals surface area contributed by atoms with Gasteiger partial charge in [-0.1, -0.05) is 24.3 Å². The minimum Gasteiger partial charge on any atom is -0.382 e. The molecule has 0 saturated heterocycles. The van der Waals surface area contributed by atoms with Gasteiger partial charge in [0, 0.05) is 13.2 Å². The van der Waals surface area contributed by atoms with Crippen molar-refractivity contribution in [2.45, 2.75) is 18.9 Å². The number of benzene rings is 1. The molecule has 0 bridgehead atoms.